The molecule has 2 heterocycles. The highest BCUT2D eigenvalue weighted by atomic mass is 16.4. The van der Waals surface area contributed by atoms with Crippen molar-refractivity contribution in [2.24, 2.45) is 5.73 Å². The number of nitrogens with one attached hydrogen (secondary N) is 1. The Kier molecular flexibility index (Phi) is 4.41. The van der Waals surface area contributed by atoms with Crippen molar-refractivity contribution >= 4 is 22.8 Å². The minimum Gasteiger partial charge on any atom is -0.480 e. The van der Waals surface area contributed by atoms with E-state index in [0.717, 1.165) is 27.7 Å². The third kappa shape index (κ3) is 3.19. The Morgan fingerprint density at radius 1 is 1.15 bits per heavy atom. The number of aliphatic carboxylic acids is 1. The number of para-hydroxylation sites is 1. The van der Waals surface area contributed by atoms with Crippen LogP contribution in [-0.4, -0.2) is 39.0 Å². The average molecular weight is 363 g/mol. The first kappa shape index (κ1) is 17.3. The van der Waals surface area contributed by atoms with Crippen LogP contribution >= 0.6 is 0 Å². The number of rotatable bonds is 4. The molecule has 0 radical (unpaired) electrons. The third-order valence-corrected chi connectivity index (χ3v) is 5.19. The summed E-state index contributed by atoms with van der Waals surface area (Å²) < 4.78 is 0. The van der Waals surface area contributed by atoms with Gasteiger partial charge in [-0.25, -0.2) is 4.79 Å². The summed E-state index contributed by atoms with van der Waals surface area (Å²) in [5, 5.41) is 10.7. The molecule has 4 rings (SSSR count). The van der Waals surface area contributed by atoms with E-state index in [1.54, 1.807) is 0 Å². The fourth-order valence-corrected chi connectivity index (χ4v) is 3.83. The summed E-state index contributed by atoms with van der Waals surface area (Å²) in [5.74, 6) is -1.35. The molecule has 0 spiro atoms. The summed E-state index contributed by atoms with van der Waals surface area (Å²) in [5.41, 5.74) is 9.90. The van der Waals surface area contributed by atoms with Gasteiger partial charge in [0.1, 0.15) is 6.04 Å². The predicted molar refractivity (Wildman–Crippen MR) is 102 cm³/mol. The maximum Gasteiger partial charge on any atom is 0.326 e. The minimum absolute atomic E-state index is 0.225. The van der Waals surface area contributed by atoms with Gasteiger partial charge in [-0.3, -0.25) is 4.79 Å². The van der Waals surface area contributed by atoms with Gasteiger partial charge in [-0.2, -0.15) is 0 Å². The number of hydrogen-bond acceptors (Lipinski definition) is 3. The molecule has 0 bridgehead atoms. The molecule has 1 aliphatic heterocycles. The average Bonchev–Trinajstić information content (AvgIpc) is 3.04. The number of carboxylic acid groups (broad SMARTS) is 1. The van der Waals surface area contributed by atoms with E-state index < -0.39 is 18.1 Å². The van der Waals surface area contributed by atoms with Crippen molar-refractivity contribution in [1.29, 1.82) is 0 Å². The van der Waals surface area contributed by atoms with Gasteiger partial charge in [0, 0.05) is 23.0 Å². The molecule has 0 saturated heterocycles. The molecule has 1 aromatic heterocycles. The fourth-order valence-electron chi connectivity index (χ4n) is 3.83. The Balaban J connectivity index is 1.62. The minimum atomic E-state index is -1.01. The van der Waals surface area contributed by atoms with Gasteiger partial charge >= 0.3 is 5.97 Å². The molecule has 138 valence electrons. The van der Waals surface area contributed by atoms with Crippen LogP contribution in [0.15, 0.2) is 54.6 Å². The second-order valence-corrected chi connectivity index (χ2v) is 6.95. The smallest absolute Gasteiger partial charge is 0.326 e. The van der Waals surface area contributed by atoms with Crippen LogP contribution in [0.1, 0.15) is 16.8 Å². The van der Waals surface area contributed by atoms with E-state index in [4.69, 9.17) is 5.73 Å². The van der Waals surface area contributed by atoms with Gasteiger partial charge in [0.05, 0.1) is 12.6 Å². The number of aromatic nitrogens is 1. The van der Waals surface area contributed by atoms with E-state index in [1.807, 2.05) is 54.6 Å². The second-order valence-electron chi connectivity index (χ2n) is 6.95. The highest BCUT2D eigenvalue weighted by molar-refractivity contribution is 5.90. The van der Waals surface area contributed by atoms with E-state index in [0.29, 0.717) is 6.42 Å². The Morgan fingerprint density at radius 2 is 1.85 bits per heavy atom. The number of H-pyrrole nitrogens is 1. The normalized spacial score (nSPS) is 17.5. The molecule has 27 heavy (non-hydrogen) atoms. The summed E-state index contributed by atoms with van der Waals surface area (Å²) >= 11 is 0. The van der Waals surface area contributed by atoms with Crippen LogP contribution in [0.5, 0.6) is 0 Å². The van der Waals surface area contributed by atoms with Gasteiger partial charge in [-0.05, 0) is 23.6 Å². The largest absolute Gasteiger partial charge is 0.480 e. The first-order chi connectivity index (χ1) is 13.0. The van der Waals surface area contributed by atoms with Crippen molar-refractivity contribution < 1.29 is 14.7 Å². The Labute approximate surface area is 156 Å². The van der Waals surface area contributed by atoms with E-state index >= 15 is 0 Å². The number of carboxylic acids is 1. The van der Waals surface area contributed by atoms with Gasteiger partial charge in [0.15, 0.2) is 0 Å². The van der Waals surface area contributed by atoms with Crippen molar-refractivity contribution in [2.45, 2.75) is 31.5 Å². The number of nitrogens with zero attached hydrogens (tertiary/aromatic N) is 1. The molecule has 6 nitrogen and oxygen atoms in total. The summed E-state index contributed by atoms with van der Waals surface area (Å²) in [6.45, 7) is 0.225. The lowest BCUT2D eigenvalue weighted by Crippen LogP contribution is -2.54. The van der Waals surface area contributed by atoms with E-state index in [1.165, 1.54) is 4.90 Å². The summed E-state index contributed by atoms with van der Waals surface area (Å²) in [6.07, 6.45) is 0.653. The van der Waals surface area contributed by atoms with Gasteiger partial charge in [0.25, 0.3) is 0 Å². The number of aromatic amines is 1. The molecule has 1 amide bonds. The zero-order valence-corrected chi connectivity index (χ0v) is 14.8. The standard InChI is InChI=1S/C21H21N3O3/c22-16(10-13-6-2-1-3-7-13)20(25)24-12-18-15(11-19(24)21(26)27)14-8-4-5-9-17(14)23-18/h1-9,16,19,23H,10-12,22H2,(H,26,27)/t16-,19-/m0/s1. The monoisotopic (exact) mass is 363 g/mol. The van der Waals surface area contributed by atoms with Crippen LogP contribution in [0.3, 0.4) is 0 Å². The fraction of sp³-hybridized carbons (Fsp3) is 0.238. The highest BCUT2D eigenvalue weighted by Gasteiger charge is 2.38. The summed E-state index contributed by atoms with van der Waals surface area (Å²) in [4.78, 5) is 29.6. The van der Waals surface area contributed by atoms with Crippen molar-refractivity contribution in [3.05, 3.63) is 71.4 Å². The highest BCUT2D eigenvalue weighted by Crippen LogP contribution is 2.30. The number of carbonyl (C=O) groups excluding carboxylic acids is 1. The number of amides is 1. The van der Waals surface area contributed by atoms with E-state index in [9.17, 15) is 14.7 Å². The molecule has 0 unspecified atom stereocenters. The topological polar surface area (TPSA) is 99.4 Å². The lowest BCUT2D eigenvalue weighted by atomic mass is 9.95. The van der Waals surface area contributed by atoms with E-state index in [2.05, 4.69) is 4.98 Å². The zero-order valence-electron chi connectivity index (χ0n) is 14.8. The zero-order chi connectivity index (χ0) is 19.0. The molecule has 2 aromatic carbocycles. The third-order valence-electron chi connectivity index (χ3n) is 5.19. The molecular weight excluding hydrogens is 342 g/mol. The lowest BCUT2D eigenvalue weighted by molar-refractivity contribution is -0.152. The Hall–Kier alpha value is -3.12. The van der Waals surface area contributed by atoms with Crippen LogP contribution in [0, 0.1) is 0 Å². The van der Waals surface area contributed by atoms with Crippen LogP contribution in [0.25, 0.3) is 10.9 Å². The molecule has 4 N–H and O–H groups in total. The molecule has 0 fully saturated rings. The summed E-state index contributed by atoms with van der Waals surface area (Å²) in [6, 6.07) is 15.6. The number of benzene rings is 2. The molecule has 0 aliphatic carbocycles. The molecular formula is C21H21N3O3. The van der Waals surface area contributed by atoms with Crippen molar-refractivity contribution in [2.75, 3.05) is 0 Å². The van der Waals surface area contributed by atoms with Gasteiger partial charge in [-0.15, -0.1) is 0 Å². The van der Waals surface area contributed by atoms with Crippen LogP contribution < -0.4 is 5.73 Å². The quantitative estimate of drug-likeness (QED) is 0.661. The van der Waals surface area contributed by atoms with Crippen LogP contribution in [0.2, 0.25) is 0 Å². The first-order valence-electron chi connectivity index (χ1n) is 8.96. The van der Waals surface area contributed by atoms with Crippen molar-refractivity contribution in [3.8, 4) is 0 Å². The predicted octanol–water partition coefficient (Wildman–Crippen LogP) is 2.08. The number of nitrogens with two attached hydrogens (primary N) is 1. The number of fused-ring (bicyclic) bond motifs is 3. The molecule has 2 atom stereocenters. The SMILES string of the molecule is N[C@@H](Cc1ccccc1)C(=O)N1Cc2[nH]c3ccccc3c2C[C@H]1C(=O)O. The molecule has 0 saturated carbocycles. The first-order valence-corrected chi connectivity index (χ1v) is 8.96. The van der Waals surface area contributed by atoms with Crippen molar-refractivity contribution in [1.82, 2.24) is 9.88 Å². The lowest BCUT2D eigenvalue weighted by Gasteiger charge is -2.34. The van der Waals surface area contributed by atoms with E-state index in [-0.39, 0.29) is 18.9 Å². The van der Waals surface area contributed by atoms with Crippen molar-refractivity contribution in [3.63, 3.8) is 0 Å². The Bertz CT molecular complexity index is 996. The van der Waals surface area contributed by atoms with Gasteiger partial charge < -0.3 is 20.7 Å². The maximum absolute atomic E-state index is 13.0. The number of carbonyl (C=O) groups is 2. The summed E-state index contributed by atoms with van der Waals surface area (Å²) in [7, 11) is 0. The molecule has 6 heteroatoms. The molecule has 3 aromatic rings. The van der Waals surface area contributed by atoms with Gasteiger partial charge in [0.2, 0.25) is 5.91 Å². The molecule has 1 aliphatic rings. The van der Waals surface area contributed by atoms with Crippen LogP contribution in [0.4, 0.5) is 0 Å². The number of hydrogen-bond donors (Lipinski definition) is 3. The second kappa shape index (κ2) is 6.89. The van der Waals surface area contributed by atoms with Crippen LogP contribution in [-0.2, 0) is 29.0 Å². The Morgan fingerprint density at radius 3 is 2.59 bits per heavy atom. The van der Waals surface area contributed by atoms with Gasteiger partial charge in [-0.1, -0.05) is 48.5 Å². The maximum atomic E-state index is 13.0.